The minimum Gasteiger partial charge on any atom is -0.368 e. The number of carbonyl (C=O) groups excluding carboxylic acids is 1. The molecule has 1 aromatic carbocycles. The molecule has 5 nitrogen and oxygen atoms in total. The zero-order valence-electron chi connectivity index (χ0n) is 11.9. The van der Waals surface area contributed by atoms with Crippen LogP contribution in [0.2, 0.25) is 0 Å². The third-order valence-corrected chi connectivity index (χ3v) is 3.72. The molecular weight excluding hydrogens is 264 g/mol. The number of benzene rings is 1. The average Bonchev–Trinajstić information content (AvgIpc) is 2.91. The van der Waals surface area contributed by atoms with Crippen LogP contribution in [0.5, 0.6) is 0 Å². The lowest BCUT2D eigenvalue weighted by Crippen LogP contribution is -2.40. The van der Waals surface area contributed by atoms with Gasteiger partial charge in [-0.15, -0.1) is 0 Å². The van der Waals surface area contributed by atoms with E-state index in [0.29, 0.717) is 5.82 Å². The maximum Gasteiger partial charge on any atom is 0.243 e. The highest BCUT2D eigenvalue weighted by Gasteiger charge is 2.27. The van der Waals surface area contributed by atoms with Gasteiger partial charge in [0.2, 0.25) is 5.91 Å². The second-order valence-electron chi connectivity index (χ2n) is 5.46. The SMILES string of the molecule is CC(C)(C(N)=O)n1ccc2cc(-c3ncccn3)ccc21. The maximum absolute atomic E-state index is 11.6. The third-order valence-electron chi connectivity index (χ3n) is 3.72. The standard InChI is InChI=1S/C16H16N4O/c1-16(2,15(17)21)20-9-6-11-10-12(4-5-13(11)20)14-18-7-3-8-19-14/h3-10H,1-2H3,(H2,17,21). The van der Waals surface area contributed by atoms with Crippen LogP contribution in [-0.2, 0) is 10.3 Å². The summed E-state index contributed by atoms with van der Waals surface area (Å²) in [5, 5.41) is 1.02. The lowest BCUT2D eigenvalue weighted by molar-refractivity contribution is -0.124. The molecule has 3 rings (SSSR count). The minimum absolute atomic E-state index is 0.365. The molecule has 2 N–H and O–H groups in total. The summed E-state index contributed by atoms with van der Waals surface area (Å²) in [6.07, 6.45) is 5.31. The molecule has 0 spiro atoms. The Morgan fingerprint density at radius 3 is 2.57 bits per heavy atom. The summed E-state index contributed by atoms with van der Waals surface area (Å²) >= 11 is 0. The maximum atomic E-state index is 11.6. The molecule has 0 radical (unpaired) electrons. The second-order valence-corrected chi connectivity index (χ2v) is 5.46. The number of rotatable bonds is 3. The summed E-state index contributed by atoms with van der Waals surface area (Å²) in [5.74, 6) is 0.316. The van der Waals surface area contributed by atoms with E-state index < -0.39 is 5.54 Å². The zero-order chi connectivity index (χ0) is 15.0. The number of amides is 1. The van der Waals surface area contributed by atoms with Crippen molar-refractivity contribution in [1.29, 1.82) is 0 Å². The first-order valence-electron chi connectivity index (χ1n) is 6.69. The summed E-state index contributed by atoms with van der Waals surface area (Å²) in [7, 11) is 0. The van der Waals surface area contributed by atoms with Crippen molar-refractivity contribution >= 4 is 16.8 Å². The van der Waals surface area contributed by atoms with Gasteiger partial charge in [-0.3, -0.25) is 4.79 Å². The highest BCUT2D eigenvalue weighted by molar-refractivity contribution is 5.89. The fourth-order valence-corrected chi connectivity index (χ4v) is 2.34. The quantitative estimate of drug-likeness (QED) is 0.800. The van der Waals surface area contributed by atoms with Gasteiger partial charge in [-0.2, -0.15) is 0 Å². The van der Waals surface area contributed by atoms with Crippen LogP contribution in [0.25, 0.3) is 22.3 Å². The van der Waals surface area contributed by atoms with Crippen LogP contribution in [0.3, 0.4) is 0 Å². The number of fused-ring (bicyclic) bond motifs is 1. The summed E-state index contributed by atoms with van der Waals surface area (Å²) in [5.41, 5.74) is 6.62. The van der Waals surface area contributed by atoms with Crippen LogP contribution < -0.4 is 5.73 Å². The van der Waals surface area contributed by atoms with Gasteiger partial charge in [-0.05, 0) is 44.2 Å². The monoisotopic (exact) mass is 280 g/mol. The molecule has 1 amide bonds. The Kier molecular flexibility index (Phi) is 2.97. The minimum atomic E-state index is -0.771. The van der Waals surface area contributed by atoms with Gasteiger partial charge in [0.25, 0.3) is 0 Å². The molecule has 0 saturated carbocycles. The van der Waals surface area contributed by atoms with Crippen LogP contribution in [-0.4, -0.2) is 20.4 Å². The fraction of sp³-hybridized carbons (Fsp3) is 0.188. The van der Waals surface area contributed by atoms with E-state index in [1.54, 1.807) is 18.5 Å². The van der Waals surface area contributed by atoms with Crippen molar-refractivity contribution < 1.29 is 4.79 Å². The molecule has 106 valence electrons. The molecular formula is C16H16N4O. The van der Waals surface area contributed by atoms with Crippen LogP contribution >= 0.6 is 0 Å². The lowest BCUT2D eigenvalue weighted by Gasteiger charge is -2.24. The first-order chi connectivity index (χ1) is 10.00. The number of hydrogen-bond donors (Lipinski definition) is 1. The average molecular weight is 280 g/mol. The van der Waals surface area contributed by atoms with Gasteiger partial charge < -0.3 is 10.3 Å². The van der Waals surface area contributed by atoms with E-state index in [1.807, 2.05) is 48.9 Å². The van der Waals surface area contributed by atoms with Crippen molar-refractivity contribution in [2.75, 3.05) is 0 Å². The van der Waals surface area contributed by atoms with E-state index >= 15 is 0 Å². The van der Waals surface area contributed by atoms with E-state index in [9.17, 15) is 4.79 Å². The zero-order valence-corrected chi connectivity index (χ0v) is 11.9. The van der Waals surface area contributed by atoms with Crippen molar-refractivity contribution in [3.05, 3.63) is 48.9 Å². The van der Waals surface area contributed by atoms with Crippen molar-refractivity contribution in [1.82, 2.24) is 14.5 Å². The Hall–Kier alpha value is -2.69. The Labute approximate surface area is 122 Å². The highest BCUT2D eigenvalue weighted by atomic mass is 16.1. The number of hydrogen-bond acceptors (Lipinski definition) is 3. The normalized spacial score (nSPS) is 11.7. The van der Waals surface area contributed by atoms with E-state index in [2.05, 4.69) is 9.97 Å². The molecule has 2 aromatic heterocycles. The predicted molar refractivity (Wildman–Crippen MR) is 81.5 cm³/mol. The Morgan fingerprint density at radius 2 is 1.90 bits per heavy atom. The highest BCUT2D eigenvalue weighted by Crippen LogP contribution is 2.27. The summed E-state index contributed by atoms with van der Waals surface area (Å²) < 4.78 is 1.89. The molecule has 0 saturated heterocycles. The van der Waals surface area contributed by atoms with Crippen molar-refractivity contribution in [3.8, 4) is 11.4 Å². The summed E-state index contributed by atoms with van der Waals surface area (Å²) in [6, 6.07) is 9.68. The third kappa shape index (κ3) is 2.16. The van der Waals surface area contributed by atoms with Crippen molar-refractivity contribution in [2.24, 2.45) is 5.73 Å². The van der Waals surface area contributed by atoms with Crippen molar-refractivity contribution in [3.63, 3.8) is 0 Å². The van der Waals surface area contributed by atoms with Gasteiger partial charge in [0.1, 0.15) is 5.54 Å². The van der Waals surface area contributed by atoms with Crippen molar-refractivity contribution in [2.45, 2.75) is 19.4 Å². The molecule has 0 unspecified atom stereocenters. The van der Waals surface area contributed by atoms with Crippen LogP contribution in [0.4, 0.5) is 0 Å². The molecule has 0 aliphatic carbocycles. The van der Waals surface area contributed by atoms with Gasteiger partial charge in [-0.25, -0.2) is 9.97 Å². The number of primary amides is 1. The molecule has 3 aromatic rings. The number of aromatic nitrogens is 3. The van der Waals surface area contributed by atoms with Crippen LogP contribution in [0.1, 0.15) is 13.8 Å². The Balaban J connectivity index is 2.13. The van der Waals surface area contributed by atoms with Crippen LogP contribution in [0, 0.1) is 0 Å². The van der Waals surface area contributed by atoms with E-state index in [-0.39, 0.29) is 5.91 Å². The number of carbonyl (C=O) groups is 1. The fourth-order valence-electron chi connectivity index (χ4n) is 2.34. The predicted octanol–water partition coefficient (Wildman–Crippen LogP) is 2.32. The second kappa shape index (κ2) is 4.70. The van der Waals surface area contributed by atoms with Crippen LogP contribution in [0.15, 0.2) is 48.9 Å². The summed E-state index contributed by atoms with van der Waals surface area (Å²) in [4.78, 5) is 20.1. The Bertz CT molecular complexity index is 806. The lowest BCUT2D eigenvalue weighted by atomic mass is 10.0. The van der Waals surface area contributed by atoms with Gasteiger partial charge in [0, 0.05) is 35.1 Å². The molecule has 21 heavy (non-hydrogen) atoms. The van der Waals surface area contributed by atoms with Gasteiger partial charge in [-0.1, -0.05) is 0 Å². The molecule has 0 atom stereocenters. The molecule has 0 aliphatic rings. The largest absolute Gasteiger partial charge is 0.368 e. The molecule has 5 heteroatoms. The molecule has 0 aliphatic heterocycles. The van der Waals surface area contributed by atoms with E-state index in [0.717, 1.165) is 16.5 Å². The molecule has 0 bridgehead atoms. The summed E-state index contributed by atoms with van der Waals surface area (Å²) in [6.45, 7) is 3.62. The van der Waals surface area contributed by atoms with Gasteiger partial charge in [0.15, 0.2) is 5.82 Å². The smallest absolute Gasteiger partial charge is 0.243 e. The molecule has 0 fully saturated rings. The Morgan fingerprint density at radius 1 is 1.19 bits per heavy atom. The molecule has 2 heterocycles. The first kappa shape index (κ1) is 13.3. The topological polar surface area (TPSA) is 73.8 Å². The van der Waals surface area contributed by atoms with E-state index in [1.165, 1.54) is 0 Å². The number of nitrogens with zero attached hydrogens (tertiary/aromatic N) is 3. The first-order valence-corrected chi connectivity index (χ1v) is 6.69. The number of nitrogens with two attached hydrogens (primary N) is 1. The van der Waals surface area contributed by atoms with E-state index in [4.69, 9.17) is 5.73 Å². The van der Waals surface area contributed by atoms with Gasteiger partial charge >= 0.3 is 0 Å². The van der Waals surface area contributed by atoms with Gasteiger partial charge in [0.05, 0.1) is 0 Å².